The summed E-state index contributed by atoms with van der Waals surface area (Å²) in [5.41, 5.74) is 8.75. The highest BCUT2D eigenvalue weighted by molar-refractivity contribution is 7.80. The lowest BCUT2D eigenvalue weighted by Crippen LogP contribution is -2.22. The Morgan fingerprint density at radius 3 is 2.35 bits per heavy atom. The van der Waals surface area contributed by atoms with Crippen molar-refractivity contribution in [3.05, 3.63) is 16.8 Å². The third-order valence-corrected chi connectivity index (χ3v) is 2.72. The van der Waals surface area contributed by atoms with Crippen LogP contribution in [0.1, 0.15) is 44.5 Å². The van der Waals surface area contributed by atoms with E-state index in [0.29, 0.717) is 10.8 Å². The molecule has 0 aromatic carbocycles. The number of nitrogens with one attached hydrogen (secondary N) is 1. The van der Waals surface area contributed by atoms with Crippen LogP contribution in [0, 0.1) is 0 Å². The van der Waals surface area contributed by atoms with Gasteiger partial charge in [0, 0.05) is 6.04 Å². The van der Waals surface area contributed by atoms with Crippen LogP contribution >= 0.6 is 12.2 Å². The Morgan fingerprint density at radius 1 is 1.29 bits per heavy atom. The molecule has 1 aromatic rings. The van der Waals surface area contributed by atoms with E-state index in [4.69, 9.17) is 18.0 Å². The van der Waals surface area contributed by atoms with E-state index in [9.17, 15) is 0 Å². The van der Waals surface area contributed by atoms with Gasteiger partial charge in [-0.25, -0.2) is 0 Å². The van der Waals surface area contributed by atoms with E-state index in [2.05, 4.69) is 29.4 Å². The fourth-order valence-electron chi connectivity index (χ4n) is 1.81. The molecule has 1 aromatic heterocycles. The number of aryl methyl sites for hydroxylation is 1. The predicted octanol–water partition coefficient (Wildman–Crippen LogP) is 2.06. The van der Waals surface area contributed by atoms with Crippen molar-refractivity contribution < 1.29 is 0 Å². The topological polar surface area (TPSA) is 63.8 Å². The highest BCUT2D eigenvalue weighted by atomic mass is 32.1. The molecule has 0 atom stereocenters. The molecule has 4 nitrogen and oxygen atoms in total. The van der Waals surface area contributed by atoms with Gasteiger partial charge in [-0.2, -0.15) is 5.10 Å². The molecule has 0 amide bonds. The van der Waals surface area contributed by atoms with E-state index in [-0.39, 0.29) is 6.04 Å². The third-order valence-electron chi connectivity index (χ3n) is 2.52. The first-order valence-electron chi connectivity index (χ1n) is 5.95. The zero-order chi connectivity index (χ0) is 13.0. The number of aromatic nitrogens is 2. The minimum absolute atomic E-state index is 0.273. The summed E-state index contributed by atoms with van der Waals surface area (Å²) >= 11 is 5.13. The van der Waals surface area contributed by atoms with Crippen LogP contribution in [0.2, 0.25) is 0 Å². The second-order valence-corrected chi connectivity index (χ2v) is 4.66. The van der Waals surface area contributed by atoms with E-state index in [1.54, 1.807) is 0 Å². The number of rotatable bonds is 5. The molecule has 94 valence electrons. The molecular weight excluding hydrogens is 232 g/mol. The summed E-state index contributed by atoms with van der Waals surface area (Å²) in [6.45, 7) is 8.23. The fraction of sp³-hybridized carbons (Fsp3) is 0.583. The molecule has 0 saturated carbocycles. The van der Waals surface area contributed by atoms with Gasteiger partial charge in [-0.3, -0.25) is 0 Å². The summed E-state index contributed by atoms with van der Waals surface area (Å²) in [6.07, 6.45) is 1.70. The van der Waals surface area contributed by atoms with Crippen molar-refractivity contribution in [2.45, 2.75) is 46.6 Å². The predicted molar refractivity (Wildman–Crippen MR) is 75.4 cm³/mol. The summed E-state index contributed by atoms with van der Waals surface area (Å²) in [4.78, 5) is 0.384. The van der Waals surface area contributed by atoms with Gasteiger partial charge in [-0.1, -0.05) is 26.1 Å². The maximum Gasteiger partial charge on any atom is 0.159 e. The molecule has 0 aliphatic carbocycles. The molecular formula is C12H20N4S. The smallest absolute Gasteiger partial charge is 0.159 e. The van der Waals surface area contributed by atoms with Gasteiger partial charge in [0.1, 0.15) is 4.99 Å². The van der Waals surface area contributed by atoms with Gasteiger partial charge in [0.05, 0.1) is 11.3 Å². The van der Waals surface area contributed by atoms with Gasteiger partial charge in [0.2, 0.25) is 0 Å². The maximum atomic E-state index is 5.81. The van der Waals surface area contributed by atoms with Gasteiger partial charge in [-0.15, -0.1) is 5.10 Å². The van der Waals surface area contributed by atoms with E-state index in [1.165, 1.54) is 0 Å². The Labute approximate surface area is 108 Å². The number of hydrogen-bond donors (Lipinski definition) is 2. The lowest BCUT2D eigenvalue weighted by Gasteiger charge is -2.17. The highest BCUT2D eigenvalue weighted by Gasteiger charge is 2.16. The average molecular weight is 252 g/mol. The van der Waals surface area contributed by atoms with Gasteiger partial charge < -0.3 is 11.1 Å². The maximum absolute atomic E-state index is 5.81. The van der Waals surface area contributed by atoms with Crippen LogP contribution in [-0.2, 0) is 12.8 Å². The van der Waals surface area contributed by atoms with Crippen molar-refractivity contribution in [1.29, 1.82) is 0 Å². The first-order valence-corrected chi connectivity index (χ1v) is 6.36. The first kappa shape index (κ1) is 13.8. The standard InChI is InChI=1S/C12H20N4S/c1-5-8-9(6-2)15-16-12(14-7(3)4)10(8)11(13)17/h7H,5-6H2,1-4H3,(H2,13,17)(H,14,16). The number of thiocarbonyl (C=S) groups is 1. The molecule has 3 N–H and O–H groups in total. The van der Waals surface area contributed by atoms with Gasteiger partial charge in [-0.05, 0) is 32.3 Å². The Balaban J connectivity index is 3.36. The second kappa shape index (κ2) is 5.91. The Bertz CT molecular complexity index is 415. The molecule has 0 fully saturated rings. The third kappa shape index (κ3) is 3.12. The zero-order valence-corrected chi connectivity index (χ0v) is 11.7. The number of nitrogens with zero attached hydrogens (tertiary/aromatic N) is 2. The first-order chi connectivity index (χ1) is 8.01. The largest absolute Gasteiger partial charge is 0.389 e. The number of anilines is 1. The van der Waals surface area contributed by atoms with Crippen LogP contribution in [0.4, 0.5) is 5.82 Å². The van der Waals surface area contributed by atoms with Gasteiger partial charge >= 0.3 is 0 Å². The summed E-state index contributed by atoms with van der Waals surface area (Å²) in [5, 5.41) is 11.7. The summed E-state index contributed by atoms with van der Waals surface area (Å²) in [6, 6.07) is 0.273. The molecule has 0 bridgehead atoms. The van der Waals surface area contributed by atoms with Crippen molar-refractivity contribution in [3.63, 3.8) is 0 Å². The van der Waals surface area contributed by atoms with E-state index >= 15 is 0 Å². The molecule has 1 rings (SSSR count). The Hall–Kier alpha value is -1.23. The Kier molecular flexibility index (Phi) is 4.81. The summed E-state index contributed by atoms with van der Waals surface area (Å²) in [7, 11) is 0. The minimum Gasteiger partial charge on any atom is -0.389 e. The van der Waals surface area contributed by atoms with Crippen LogP contribution < -0.4 is 11.1 Å². The van der Waals surface area contributed by atoms with Gasteiger partial charge in [0.15, 0.2) is 5.82 Å². The highest BCUT2D eigenvalue weighted by Crippen LogP contribution is 2.21. The van der Waals surface area contributed by atoms with Crippen LogP contribution in [-0.4, -0.2) is 21.2 Å². The lowest BCUT2D eigenvalue weighted by molar-refractivity contribution is 0.838. The summed E-state index contributed by atoms with van der Waals surface area (Å²) < 4.78 is 0. The van der Waals surface area contributed by atoms with E-state index in [1.807, 2.05) is 13.8 Å². The van der Waals surface area contributed by atoms with Crippen LogP contribution in [0.3, 0.4) is 0 Å². The van der Waals surface area contributed by atoms with Crippen LogP contribution in [0.25, 0.3) is 0 Å². The molecule has 0 unspecified atom stereocenters. The second-order valence-electron chi connectivity index (χ2n) is 4.22. The van der Waals surface area contributed by atoms with E-state index in [0.717, 1.165) is 29.7 Å². The minimum atomic E-state index is 0.273. The van der Waals surface area contributed by atoms with Crippen molar-refractivity contribution >= 4 is 23.0 Å². The lowest BCUT2D eigenvalue weighted by atomic mass is 10.0. The number of hydrogen-bond acceptors (Lipinski definition) is 4. The molecule has 0 aliphatic rings. The quantitative estimate of drug-likeness (QED) is 0.785. The van der Waals surface area contributed by atoms with Crippen molar-refractivity contribution in [3.8, 4) is 0 Å². The van der Waals surface area contributed by atoms with Crippen LogP contribution in [0.5, 0.6) is 0 Å². The molecule has 0 spiro atoms. The Morgan fingerprint density at radius 2 is 1.94 bits per heavy atom. The molecule has 0 aliphatic heterocycles. The van der Waals surface area contributed by atoms with Gasteiger partial charge in [0.25, 0.3) is 0 Å². The fourth-order valence-corrected chi connectivity index (χ4v) is 2.03. The van der Waals surface area contributed by atoms with Crippen LogP contribution in [0.15, 0.2) is 0 Å². The zero-order valence-electron chi connectivity index (χ0n) is 10.9. The van der Waals surface area contributed by atoms with E-state index < -0.39 is 0 Å². The molecule has 5 heteroatoms. The average Bonchev–Trinajstić information content (AvgIpc) is 2.26. The SMILES string of the molecule is CCc1nnc(NC(C)C)c(C(N)=S)c1CC. The normalized spacial score (nSPS) is 10.6. The number of nitrogens with two attached hydrogens (primary N) is 1. The molecule has 1 heterocycles. The monoisotopic (exact) mass is 252 g/mol. The molecule has 17 heavy (non-hydrogen) atoms. The van der Waals surface area contributed by atoms with Crippen molar-refractivity contribution in [2.24, 2.45) is 5.73 Å². The van der Waals surface area contributed by atoms with Crippen molar-refractivity contribution in [2.75, 3.05) is 5.32 Å². The molecule has 0 radical (unpaired) electrons. The van der Waals surface area contributed by atoms with Crippen molar-refractivity contribution in [1.82, 2.24) is 10.2 Å². The molecule has 0 saturated heterocycles. The summed E-state index contributed by atoms with van der Waals surface area (Å²) in [5.74, 6) is 0.696.